The maximum atomic E-state index is 12.5. The number of anilines is 1. The molecular weight excluding hydrogens is 714 g/mol. The molecule has 0 saturated heterocycles. The Balaban J connectivity index is 1.61. The smallest absolute Gasteiger partial charge is 0.267 e. The van der Waals surface area contributed by atoms with Crippen molar-refractivity contribution in [3.8, 4) is 0 Å². The first-order valence-corrected chi connectivity index (χ1v) is 15.6. The van der Waals surface area contributed by atoms with Gasteiger partial charge in [0.1, 0.15) is 17.2 Å². The summed E-state index contributed by atoms with van der Waals surface area (Å²) in [5, 5.41) is 8.31. The molecule has 11 N–H and O–H groups in total. The second-order valence-corrected chi connectivity index (χ2v) is 12.4. The average molecular weight is 741 g/mol. The molecule has 3 aromatic rings. The van der Waals surface area contributed by atoms with Crippen molar-refractivity contribution < 1.29 is 22.6 Å². The zero-order valence-electron chi connectivity index (χ0n) is 22.2. The van der Waals surface area contributed by atoms with Gasteiger partial charge in [0.2, 0.25) is 0 Å². The van der Waals surface area contributed by atoms with E-state index in [0.29, 0.717) is 27.2 Å². The molecule has 2 amide bonds. The molecule has 1 aliphatic rings. The third-order valence-corrected chi connectivity index (χ3v) is 7.45. The predicted molar refractivity (Wildman–Crippen MR) is 168 cm³/mol. The summed E-state index contributed by atoms with van der Waals surface area (Å²) >= 11 is 6.56. The number of carbonyl (C=O) groups is 2. The van der Waals surface area contributed by atoms with Crippen LogP contribution in [-0.4, -0.2) is 81.9 Å². The molecule has 228 valence electrons. The van der Waals surface area contributed by atoms with Gasteiger partial charge in [0, 0.05) is 34.4 Å². The highest BCUT2D eigenvalue weighted by atomic mass is 79.9. The fourth-order valence-corrected chi connectivity index (χ4v) is 5.01. The number of H-pyrrole nitrogens is 3. The van der Waals surface area contributed by atoms with Gasteiger partial charge in [-0.2, -0.15) is 8.42 Å². The quantitative estimate of drug-likeness (QED) is 0.0946. The number of rotatable bonds is 12. The average Bonchev–Trinajstić information content (AvgIpc) is 3.71. The minimum absolute atomic E-state index is 0.0336. The molecule has 0 fully saturated rings. The number of guanidine groups is 1. The Hall–Kier alpha value is -4.20. The van der Waals surface area contributed by atoms with E-state index >= 15 is 0 Å². The number of imidazole rings is 1. The number of nitrogens with zero attached hydrogens (tertiary/aromatic N) is 3. The second kappa shape index (κ2) is 13.4. The summed E-state index contributed by atoms with van der Waals surface area (Å²) in [5.41, 5.74) is 11.9. The largest absolute Gasteiger partial charge is 0.370 e. The van der Waals surface area contributed by atoms with Crippen molar-refractivity contribution in [1.82, 2.24) is 35.9 Å². The molecule has 0 saturated carbocycles. The van der Waals surface area contributed by atoms with Crippen LogP contribution in [0.3, 0.4) is 0 Å². The molecule has 0 aromatic carbocycles. The standard InChI is InChI=1S/C24H27Br2N11O5S/c25-13-9-16(32-11-13)19(38)29-5-1-3-15-18(35-22(27)34-15)24(4-2-6-30-20(39)17-10-14(26)12-33-17)21(36-23(28)37-24)31-7-8-43(40,41)42/h1-4,9-12,32-33H,5-8H2,(H,29,38)(H,30,39)(H3,27,34,35)(H,40,41,42)(H3,28,31,36,37). The van der Waals surface area contributed by atoms with Gasteiger partial charge in [0.25, 0.3) is 21.9 Å². The van der Waals surface area contributed by atoms with Crippen LogP contribution in [-0.2, 0) is 15.7 Å². The lowest BCUT2D eigenvalue weighted by Gasteiger charge is -2.22. The molecule has 43 heavy (non-hydrogen) atoms. The normalized spacial score (nSPS) is 17.9. The minimum Gasteiger partial charge on any atom is -0.370 e. The Bertz CT molecular complexity index is 1740. The van der Waals surface area contributed by atoms with Crippen molar-refractivity contribution in [2.45, 2.75) is 5.54 Å². The van der Waals surface area contributed by atoms with E-state index in [-0.39, 0.29) is 49.2 Å². The Kier molecular flexibility index (Phi) is 9.89. The molecular formula is C24H27Br2N11O5S. The number of aliphatic imine (C=N–C) groups is 2. The van der Waals surface area contributed by atoms with Crippen LogP contribution in [0.25, 0.3) is 6.08 Å². The van der Waals surface area contributed by atoms with Crippen molar-refractivity contribution in [3.63, 3.8) is 0 Å². The van der Waals surface area contributed by atoms with Gasteiger partial charge in [-0.05, 0) is 56.1 Å². The van der Waals surface area contributed by atoms with Gasteiger partial charge in [0.15, 0.2) is 17.4 Å². The highest BCUT2D eigenvalue weighted by Crippen LogP contribution is 2.34. The zero-order chi connectivity index (χ0) is 31.2. The Labute approximate surface area is 262 Å². The summed E-state index contributed by atoms with van der Waals surface area (Å²) in [6.07, 6.45) is 9.71. The maximum absolute atomic E-state index is 12.5. The number of carbonyl (C=O) groups excluding carboxylic acids is 2. The Morgan fingerprint density at radius 2 is 1.65 bits per heavy atom. The Morgan fingerprint density at radius 3 is 2.21 bits per heavy atom. The molecule has 3 aromatic heterocycles. The van der Waals surface area contributed by atoms with Crippen LogP contribution in [0.5, 0.6) is 0 Å². The monoisotopic (exact) mass is 739 g/mol. The number of nitrogens with two attached hydrogens (primary N) is 2. The number of nitrogen functional groups attached to an aromatic ring is 1. The fraction of sp³-hybridized carbons (Fsp3) is 0.208. The molecule has 1 unspecified atom stereocenters. The van der Waals surface area contributed by atoms with Gasteiger partial charge in [-0.25, -0.2) is 9.98 Å². The number of nitrogens with one attached hydrogen (secondary N) is 6. The summed E-state index contributed by atoms with van der Waals surface area (Å²) < 4.78 is 33.3. The van der Waals surface area contributed by atoms with E-state index < -0.39 is 21.4 Å². The summed E-state index contributed by atoms with van der Waals surface area (Å²) in [6, 6.07) is 3.26. The van der Waals surface area contributed by atoms with Gasteiger partial charge in [-0.1, -0.05) is 12.2 Å². The number of halogens is 2. The molecule has 4 rings (SSSR count). The molecule has 0 spiro atoms. The number of aromatic amines is 3. The number of aromatic nitrogens is 4. The second-order valence-electron chi connectivity index (χ2n) is 8.98. The number of amidine groups is 1. The Morgan fingerprint density at radius 1 is 1.05 bits per heavy atom. The van der Waals surface area contributed by atoms with E-state index in [9.17, 15) is 22.6 Å². The van der Waals surface area contributed by atoms with Gasteiger partial charge in [-0.15, -0.1) is 0 Å². The summed E-state index contributed by atoms with van der Waals surface area (Å²) in [5.74, 6) is -1.21. The third-order valence-electron chi connectivity index (χ3n) is 5.84. The van der Waals surface area contributed by atoms with Crippen molar-refractivity contribution in [3.05, 3.63) is 74.5 Å². The molecule has 16 nitrogen and oxygen atoms in total. The molecule has 19 heteroatoms. The van der Waals surface area contributed by atoms with Crippen molar-refractivity contribution in [2.24, 2.45) is 15.7 Å². The van der Waals surface area contributed by atoms with E-state index in [2.05, 4.69) is 77.7 Å². The van der Waals surface area contributed by atoms with Crippen LogP contribution < -0.4 is 27.4 Å². The molecule has 0 aliphatic carbocycles. The summed E-state index contributed by atoms with van der Waals surface area (Å²) in [6.45, 7) is -0.0985. The molecule has 4 heterocycles. The van der Waals surface area contributed by atoms with Crippen molar-refractivity contribution in [1.29, 1.82) is 0 Å². The van der Waals surface area contributed by atoms with Crippen LogP contribution >= 0.6 is 31.9 Å². The molecule has 1 atom stereocenters. The number of hydrogen-bond acceptors (Lipinski definition) is 9. The van der Waals surface area contributed by atoms with E-state index in [4.69, 9.17) is 11.5 Å². The van der Waals surface area contributed by atoms with Gasteiger partial charge in [0.05, 0.1) is 23.7 Å². The number of amides is 2. The summed E-state index contributed by atoms with van der Waals surface area (Å²) in [4.78, 5) is 46.6. The first-order chi connectivity index (χ1) is 20.4. The topological polar surface area (TPSA) is 262 Å². The first kappa shape index (κ1) is 31.7. The van der Waals surface area contributed by atoms with Crippen LogP contribution in [0, 0.1) is 0 Å². The van der Waals surface area contributed by atoms with Gasteiger partial charge in [-0.3, -0.25) is 19.1 Å². The van der Waals surface area contributed by atoms with E-state index in [1.54, 1.807) is 48.8 Å². The van der Waals surface area contributed by atoms with Crippen LogP contribution in [0.15, 0.2) is 61.7 Å². The van der Waals surface area contributed by atoms with Crippen LogP contribution in [0.1, 0.15) is 32.4 Å². The lowest BCUT2D eigenvalue weighted by molar-refractivity contribution is 0.0945. The lowest BCUT2D eigenvalue weighted by Crippen LogP contribution is -2.39. The minimum atomic E-state index is -4.30. The SMILES string of the molecule is NC1=NC(C=CCNC(=O)c2cc(Br)c[nH]2)(c2[nH]c(N)nc2C=CCNC(=O)c2cc(Br)c[nH]2)C(=NCCS(=O)(=O)O)N1. The highest BCUT2D eigenvalue weighted by molar-refractivity contribution is 9.10. The van der Waals surface area contributed by atoms with Gasteiger partial charge < -0.3 is 42.4 Å². The molecule has 1 aliphatic heterocycles. The van der Waals surface area contributed by atoms with Crippen molar-refractivity contribution in [2.75, 3.05) is 31.1 Å². The molecule has 0 radical (unpaired) electrons. The van der Waals surface area contributed by atoms with E-state index in [0.717, 1.165) is 4.47 Å². The lowest BCUT2D eigenvalue weighted by atomic mass is 9.92. The third kappa shape index (κ3) is 8.21. The number of hydrogen-bond donors (Lipinski definition) is 9. The zero-order valence-corrected chi connectivity index (χ0v) is 26.2. The molecule has 0 bridgehead atoms. The highest BCUT2D eigenvalue weighted by Gasteiger charge is 2.44. The predicted octanol–water partition coefficient (Wildman–Crippen LogP) is 1.00. The van der Waals surface area contributed by atoms with E-state index in [1.807, 2.05) is 0 Å². The van der Waals surface area contributed by atoms with Crippen molar-refractivity contribution >= 4 is 77.6 Å². The van der Waals surface area contributed by atoms with E-state index in [1.165, 1.54) is 0 Å². The fourth-order valence-electron chi connectivity index (χ4n) is 4.00. The van der Waals surface area contributed by atoms with Crippen LogP contribution in [0.2, 0.25) is 0 Å². The summed E-state index contributed by atoms with van der Waals surface area (Å²) in [7, 11) is -4.30. The van der Waals surface area contributed by atoms with Gasteiger partial charge >= 0.3 is 0 Å². The maximum Gasteiger partial charge on any atom is 0.267 e. The first-order valence-electron chi connectivity index (χ1n) is 12.4. The van der Waals surface area contributed by atoms with Crippen LogP contribution in [0.4, 0.5) is 5.95 Å².